The molecule has 5 aromatic rings. The number of halogens is 1. The molecule has 0 amide bonds. The third-order valence-electron chi connectivity index (χ3n) is 6.59. The highest BCUT2D eigenvalue weighted by atomic mass is 32.1. The van der Waals surface area contributed by atoms with Crippen LogP contribution in [0.15, 0.2) is 71.5 Å². The largest absolute Gasteiger partial charge is 0.497 e. The van der Waals surface area contributed by atoms with Crippen molar-refractivity contribution in [3.05, 3.63) is 82.8 Å². The van der Waals surface area contributed by atoms with Gasteiger partial charge >= 0.3 is 0 Å². The fraction of sp³-hybridized carbons (Fsp3) is 0.179. The van der Waals surface area contributed by atoms with E-state index in [1.807, 2.05) is 36.4 Å². The summed E-state index contributed by atoms with van der Waals surface area (Å²) < 4.78 is 20.6. The molecule has 0 spiro atoms. The molecule has 0 N–H and O–H groups in total. The van der Waals surface area contributed by atoms with Crippen molar-refractivity contribution in [1.29, 1.82) is 0 Å². The van der Waals surface area contributed by atoms with Gasteiger partial charge in [0.05, 0.1) is 7.11 Å². The summed E-state index contributed by atoms with van der Waals surface area (Å²) in [7, 11) is 1.65. The summed E-state index contributed by atoms with van der Waals surface area (Å²) in [5, 5.41) is 3.72. The van der Waals surface area contributed by atoms with Crippen molar-refractivity contribution in [2.45, 2.75) is 12.8 Å². The lowest BCUT2D eigenvalue weighted by Gasteiger charge is -2.17. The minimum absolute atomic E-state index is 0.0534. The van der Waals surface area contributed by atoms with Crippen LogP contribution in [-0.4, -0.2) is 20.2 Å². The van der Waals surface area contributed by atoms with Crippen LogP contribution in [0.1, 0.15) is 12.8 Å². The van der Waals surface area contributed by atoms with Crippen molar-refractivity contribution in [2.24, 2.45) is 0 Å². The van der Waals surface area contributed by atoms with E-state index in [1.54, 1.807) is 24.5 Å². The molecule has 0 unspecified atom stereocenters. The van der Waals surface area contributed by atoms with Crippen LogP contribution in [0.3, 0.4) is 0 Å². The number of fused-ring (bicyclic) bond motifs is 5. The lowest BCUT2D eigenvalue weighted by Crippen LogP contribution is -2.17. The predicted molar refractivity (Wildman–Crippen MR) is 136 cm³/mol. The van der Waals surface area contributed by atoms with Gasteiger partial charge in [0.25, 0.3) is 0 Å². The molecule has 0 radical (unpaired) electrons. The molecule has 0 bridgehead atoms. The van der Waals surface area contributed by atoms with Crippen molar-refractivity contribution in [3.8, 4) is 16.2 Å². The third-order valence-corrected chi connectivity index (χ3v) is 7.80. The molecule has 33 heavy (non-hydrogen) atoms. The summed E-state index contributed by atoms with van der Waals surface area (Å²) in [5.41, 5.74) is 2.15. The van der Waals surface area contributed by atoms with Gasteiger partial charge in [-0.05, 0) is 90.5 Å². The Morgan fingerprint density at radius 3 is 2.27 bits per heavy atom. The Labute approximate surface area is 194 Å². The van der Waals surface area contributed by atoms with Gasteiger partial charge in [-0.3, -0.25) is 4.79 Å². The summed E-state index contributed by atoms with van der Waals surface area (Å²) in [6.07, 6.45) is 2.37. The van der Waals surface area contributed by atoms with E-state index >= 15 is 0 Å². The number of anilines is 1. The second-order valence-electron chi connectivity index (χ2n) is 8.53. The summed E-state index contributed by atoms with van der Waals surface area (Å²) in [6.45, 7) is 2.07. The normalized spacial score (nSPS) is 13.9. The molecule has 0 atom stereocenters. The van der Waals surface area contributed by atoms with E-state index in [-0.39, 0.29) is 11.2 Å². The van der Waals surface area contributed by atoms with E-state index in [1.165, 1.54) is 25.0 Å². The molecular formula is C28H22FNO2S. The van der Waals surface area contributed by atoms with Gasteiger partial charge in [-0.25, -0.2) is 4.39 Å². The van der Waals surface area contributed by atoms with Gasteiger partial charge in [-0.1, -0.05) is 0 Å². The SMILES string of the molecule is COc1ccc(-c2cc3c4cc(F)ccc4c(=O)c4ccc(N5CCCC5)cc4c3s2)cc1. The molecule has 3 nitrogen and oxygen atoms in total. The van der Waals surface area contributed by atoms with Crippen LogP contribution in [0.4, 0.5) is 10.1 Å². The van der Waals surface area contributed by atoms with Crippen LogP contribution in [0, 0.1) is 5.82 Å². The number of ether oxygens (including phenoxy) is 1. The zero-order valence-corrected chi connectivity index (χ0v) is 19.0. The fourth-order valence-electron chi connectivity index (χ4n) is 4.86. The van der Waals surface area contributed by atoms with Gasteiger partial charge < -0.3 is 9.64 Å². The number of benzene rings is 3. The first-order chi connectivity index (χ1) is 16.1. The molecule has 1 fully saturated rings. The fourth-order valence-corrected chi connectivity index (χ4v) is 6.07. The molecular weight excluding hydrogens is 433 g/mol. The Hall–Kier alpha value is -3.44. The smallest absolute Gasteiger partial charge is 0.194 e. The third kappa shape index (κ3) is 3.35. The van der Waals surface area contributed by atoms with Crippen molar-refractivity contribution in [1.82, 2.24) is 0 Å². The van der Waals surface area contributed by atoms with Gasteiger partial charge in [0.2, 0.25) is 0 Å². The maximum absolute atomic E-state index is 14.3. The molecule has 1 aliphatic heterocycles. The molecule has 6 rings (SSSR count). The minimum Gasteiger partial charge on any atom is -0.497 e. The van der Waals surface area contributed by atoms with E-state index in [9.17, 15) is 9.18 Å². The maximum Gasteiger partial charge on any atom is 0.194 e. The number of rotatable bonds is 3. The Bertz CT molecular complexity index is 1580. The second kappa shape index (κ2) is 7.85. The van der Waals surface area contributed by atoms with Gasteiger partial charge in [0, 0.05) is 49.9 Å². The van der Waals surface area contributed by atoms with Gasteiger partial charge in [0.1, 0.15) is 11.6 Å². The zero-order chi connectivity index (χ0) is 22.5. The Balaban J connectivity index is 1.72. The molecule has 164 valence electrons. The molecule has 5 heteroatoms. The molecule has 0 saturated carbocycles. The van der Waals surface area contributed by atoms with Crippen molar-refractivity contribution >= 4 is 48.7 Å². The highest BCUT2D eigenvalue weighted by molar-refractivity contribution is 7.23. The van der Waals surface area contributed by atoms with Crippen LogP contribution in [0.25, 0.3) is 42.1 Å². The highest BCUT2D eigenvalue weighted by Crippen LogP contribution is 2.40. The second-order valence-corrected chi connectivity index (χ2v) is 9.58. The molecule has 1 saturated heterocycles. The summed E-state index contributed by atoms with van der Waals surface area (Å²) in [6, 6.07) is 20.7. The number of hydrogen-bond acceptors (Lipinski definition) is 4. The van der Waals surface area contributed by atoms with Crippen LogP contribution < -0.4 is 15.1 Å². The monoisotopic (exact) mass is 455 g/mol. The average molecular weight is 456 g/mol. The molecule has 2 heterocycles. The Kier molecular flexibility index (Phi) is 4.80. The predicted octanol–water partition coefficient (Wildman–Crippen LogP) is 6.98. The average Bonchev–Trinajstić information content (AvgIpc) is 3.52. The molecule has 1 aliphatic rings. The summed E-state index contributed by atoms with van der Waals surface area (Å²) >= 11 is 1.65. The van der Waals surface area contributed by atoms with E-state index in [0.717, 1.165) is 50.4 Å². The Morgan fingerprint density at radius 1 is 0.818 bits per heavy atom. The molecule has 1 aromatic heterocycles. The van der Waals surface area contributed by atoms with Gasteiger partial charge in [-0.2, -0.15) is 0 Å². The van der Waals surface area contributed by atoms with Crippen molar-refractivity contribution in [2.75, 3.05) is 25.1 Å². The quantitative estimate of drug-likeness (QED) is 0.294. The van der Waals surface area contributed by atoms with Crippen LogP contribution in [-0.2, 0) is 0 Å². The first kappa shape index (κ1) is 20.2. The first-order valence-electron chi connectivity index (χ1n) is 11.1. The minimum atomic E-state index is -0.339. The van der Waals surface area contributed by atoms with E-state index in [0.29, 0.717) is 16.2 Å². The first-order valence-corrected chi connectivity index (χ1v) is 12.0. The van der Waals surface area contributed by atoms with Crippen LogP contribution in [0.2, 0.25) is 0 Å². The molecule has 4 aromatic carbocycles. The van der Waals surface area contributed by atoms with E-state index < -0.39 is 0 Å². The van der Waals surface area contributed by atoms with Crippen molar-refractivity contribution in [3.63, 3.8) is 0 Å². The van der Waals surface area contributed by atoms with E-state index in [4.69, 9.17) is 4.74 Å². The van der Waals surface area contributed by atoms with E-state index in [2.05, 4.69) is 17.0 Å². The molecule has 0 aliphatic carbocycles. The van der Waals surface area contributed by atoms with Crippen molar-refractivity contribution < 1.29 is 9.13 Å². The number of methoxy groups -OCH3 is 1. The Morgan fingerprint density at radius 2 is 1.52 bits per heavy atom. The van der Waals surface area contributed by atoms with Crippen LogP contribution in [0.5, 0.6) is 5.75 Å². The maximum atomic E-state index is 14.3. The highest BCUT2D eigenvalue weighted by Gasteiger charge is 2.17. The standard InChI is InChI=1S/C28H22FNO2S/c1-32-20-8-4-17(5-9-20)26-16-25-23-14-18(29)6-10-21(23)27(31)22-11-7-19(30-12-2-3-13-30)15-24(22)28(25)33-26/h4-11,14-16H,2-3,12-13H2,1H3. The lowest BCUT2D eigenvalue weighted by atomic mass is 10.1. The zero-order valence-electron chi connectivity index (χ0n) is 18.2. The number of hydrogen-bond donors (Lipinski definition) is 0. The lowest BCUT2D eigenvalue weighted by molar-refractivity contribution is 0.415. The number of nitrogens with zero attached hydrogens (tertiary/aromatic N) is 1. The number of thiophene rings is 1. The summed E-state index contributed by atoms with van der Waals surface area (Å²) in [4.78, 5) is 17.0. The summed E-state index contributed by atoms with van der Waals surface area (Å²) in [5.74, 6) is 0.462. The van der Waals surface area contributed by atoms with Gasteiger partial charge in [0.15, 0.2) is 5.43 Å². The van der Waals surface area contributed by atoms with Gasteiger partial charge in [-0.15, -0.1) is 11.3 Å². The van der Waals surface area contributed by atoms with Crippen LogP contribution >= 0.6 is 11.3 Å². The topological polar surface area (TPSA) is 29.5 Å².